The molecule has 2 rings (SSSR count). The average Bonchev–Trinajstić information content (AvgIpc) is 2.52. The van der Waals surface area contributed by atoms with Gasteiger partial charge in [-0.25, -0.2) is 0 Å². The van der Waals surface area contributed by atoms with Crippen molar-refractivity contribution in [1.29, 1.82) is 0 Å². The number of aromatic nitrogens is 1. The highest BCUT2D eigenvalue weighted by Gasteiger charge is 2.20. The molecular weight excluding hydrogens is 264 g/mol. The van der Waals surface area contributed by atoms with Gasteiger partial charge in [-0.15, -0.1) is 0 Å². The summed E-state index contributed by atoms with van der Waals surface area (Å²) in [5.41, 5.74) is 1.56. The first-order chi connectivity index (χ1) is 10.1. The predicted octanol–water partition coefficient (Wildman–Crippen LogP) is 1.66. The zero-order chi connectivity index (χ0) is 15.2. The van der Waals surface area contributed by atoms with Crippen LogP contribution in [0, 0.1) is 5.92 Å². The first kappa shape index (κ1) is 15.8. The van der Waals surface area contributed by atoms with Crippen LogP contribution in [0.25, 0.3) is 0 Å². The molecule has 0 unspecified atom stereocenters. The van der Waals surface area contributed by atoms with Crippen LogP contribution in [-0.2, 0) is 0 Å². The average molecular weight is 290 g/mol. The van der Waals surface area contributed by atoms with Gasteiger partial charge in [-0.3, -0.25) is 9.78 Å². The van der Waals surface area contributed by atoms with Crippen molar-refractivity contribution in [2.24, 2.45) is 5.92 Å². The van der Waals surface area contributed by atoms with E-state index in [1.807, 2.05) is 12.1 Å². The molecule has 0 saturated carbocycles. The molecule has 0 radical (unpaired) electrons. The maximum Gasteiger partial charge on any atom is 0.269 e. The number of hydrogen-bond donors (Lipinski definition) is 2. The van der Waals surface area contributed by atoms with Gasteiger partial charge in [-0.05, 0) is 57.8 Å². The van der Waals surface area contributed by atoms with Crippen LogP contribution in [0.5, 0.6) is 0 Å². The molecule has 0 atom stereocenters. The molecule has 1 aliphatic rings. The van der Waals surface area contributed by atoms with Gasteiger partial charge in [-0.1, -0.05) is 0 Å². The maximum atomic E-state index is 11.7. The third kappa shape index (κ3) is 4.17. The lowest BCUT2D eigenvalue weighted by atomic mass is 9.96. The molecule has 2 N–H and O–H groups in total. The summed E-state index contributed by atoms with van der Waals surface area (Å²) in [4.78, 5) is 18.3. The topological polar surface area (TPSA) is 57.3 Å². The van der Waals surface area contributed by atoms with Crippen LogP contribution < -0.4 is 15.5 Å². The third-order valence-electron chi connectivity index (χ3n) is 4.07. The summed E-state index contributed by atoms with van der Waals surface area (Å²) in [7, 11) is 1.63. The van der Waals surface area contributed by atoms with Crippen LogP contribution in [0.2, 0.25) is 0 Å². The van der Waals surface area contributed by atoms with E-state index in [2.05, 4.69) is 34.4 Å². The number of rotatable bonds is 5. The molecule has 1 fully saturated rings. The standard InChI is InChI=1S/C16H26N4O/c1-12(2)20(11-13-4-7-18-8-5-13)14-6-9-19-15(10-14)16(21)17-3/h6,9-10,12-13,18H,4-5,7-8,11H2,1-3H3,(H,17,21). The Hall–Kier alpha value is -1.62. The fourth-order valence-electron chi connectivity index (χ4n) is 2.81. The molecule has 5 heteroatoms. The van der Waals surface area contributed by atoms with Gasteiger partial charge >= 0.3 is 0 Å². The van der Waals surface area contributed by atoms with Gasteiger partial charge in [0, 0.05) is 31.5 Å². The number of anilines is 1. The van der Waals surface area contributed by atoms with E-state index in [0.717, 1.165) is 25.3 Å². The Morgan fingerprint density at radius 1 is 1.48 bits per heavy atom. The van der Waals surface area contributed by atoms with Gasteiger partial charge in [0.05, 0.1) is 0 Å². The second-order valence-electron chi connectivity index (χ2n) is 5.92. The van der Waals surface area contributed by atoms with Gasteiger partial charge in [0.1, 0.15) is 5.69 Å². The van der Waals surface area contributed by atoms with Crippen LogP contribution >= 0.6 is 0 Å². The summed E-state index contributed by atoms with van der Waals surface area (Å²) in [5, 5.41) is 6.04. The van der Waals surface area contributed by atoms with Crippen molar-refractivity contribution in [3.63, 3.8) is 0 Å². The Morgan fingerprint density at radius 2 is 2.19 bits per heavy atom. The van der Waals surface area contributed by atoms with Crippen LogP contribution in [-0.4, -0.2) is 43.6 Å². The second kappa shape index (κ2) is 7.41. The van der Waals surface area contributed by atoms with Crippen LogP contribution in [0.3, 0.4) is 0 Å². The highest BCUT2D eigenvalue weighted by atomic mass is 16.1. The molecule has 1 aromatic heterocycles. The van der Waals surface area contributed by atoms with Crippen molar-refractivity contribution >= 4 is 11.6 Å². The number of carbonyl (C=O) groups is 1. The Bertz CT molecular complexity index is 469. The van der Waals surface area contributed by atoms with E-state index in [9.17, 15) is 4.79 Å². The maximum absolute atomic E-state index is 11.7. The summed E-state index contributed by atoms with van der Waals surface area (Å²) >= 11 is 0. The van der Waals surface area contributed by atoms with Crippen molar-refractivity contribution in [2.75, 3.05) is 31.6 Å². The lowest BCUT2D eigenvalue weighted by molar-refractivity contribution is 0.0958. The van der Waals surface area contributed by atoms with E-state index in [1.165, 1.54) is 12.8 Å². The van der Waals surface area contributed by atoms with Gasteiger partial charge < -0.3 is 15.5 Å². The molecular formula is C16H26N4O. The normalized spacial score (nSPS) is 16.0. The summed E-state index contributed by atoms with van der Waals surface area (Å²) < 4.78 is 0. The largest absolute Gasteiger partial charge is 0.369 e. The van der Waals surface area contributed by atoms with Gasteiger partial charge in [0.25, 0.3) is 5.91 Å². The number of piperidine rings is 1. The number of hydrogen-bond acceptors (Lipinski definition) is 4. The Balaban J connectivity index is 2.15. The molecule has 1 saturated heterocycles. The predicted molar refractivity (Wildman–Crippen MR) is 85.7 cm³/mol. The summed E-state index contributed by atoms with van der Waals surface area (Å²) in [5.74, 6) is 0.577. The molecule has 5 nitrogen and oxygen atoms in total. The van der Waals surface area contributed by atoms with E-state index in [1.54, 1.807) is 13.2 Å². The molecule has 0 bridgehead atoms. The van der Waals surface area contributed by atoms with Crippen molar-refractivity contribution in [3.05, 3.63) is 24.0 Å². The summed E-state index contributed by atoms with van der Waals surface area (Å²) in [6.45, 7) is 7.64. The Labute approximate surface area is 127 Å². The minimum Gasteiger partial charge on any atom is -0.369 e. The molecule has 1 aromatic rings. The highest BCUT2D eigenvalue weighted by Crippen LogP contribution is 2.22. The van der Waals surface area contributed by atoms with Crippen LogP contribution in [0.4, 0.5) is 5.69 Å². The zero-order valence-corrected chi connectivity index (χ0v) is 13.2. The minimum absolute atomic E-state index is 0.137. The van der Waals surface area contributed by atoms with E-state index in [0.29, 0.717) is 17.7 Å². The van der Waals surface area contributed by atoms with Crippen molar-refractivity contribution in [3.8, 4) is 0 Å². The first-order valence-corrected chi connectivity index (χ1v) is 7.77. The van der Waals surface area contributed by atoms with Crippen molar-refractivity contribution in [1.82, 2.24) is 15.6 Å². The lowest BCUT2D eigenvalue weighted by Crippen LogP contribution is -2.39. The molecule has 1 amide bonds. The third-order valence-corrected chi connectivity index (χ3v) is 4.07. The second-order valence-corrected chi connectivity index (χ2v) is 5.92. The highest BCUT2D eigenvalue weighted by molar-refractivity contribution is 5.92. The van der Waals surface area contributed by atoms with Gasteiger partial charge in [0.15, 0.2) is 0 Å². The molecule has 1 aliphatic heterocycles. The fourth-order valence-corrected chi connectivity index (χ4v) is 2.81. The van der Waals surface area contributed by atoms with E-state index < -0.39 is 0 Å². The van der Waals surface area contributed by atoms with E-state index in [-0.39, 0.29) is 5.91 Å². The number of carbonyl (C=O) groups excluding carboxylic acids is 1. The SMILES string of the molecule is CNC(=O)c1cc(N(CC2CCNCC2)C(C)C)ccn1. The Morgan fingerprint density at radius 3 is 2.81 bits per heavy atom. The van der Waals surface area contributed by atoms with Gasteiger partial charge in [-0.2, -0.15) is 0 Å². The quantitative estimate of drug-likeness (QED) is 0.866. The molecule has 0 spiro atoms. The molecule has 0 aromatic carbocycles. The molecule has 2 heterocycles. The molecule has 116 valence electrons. The van der Waals surface area contributed by atoms with Crippen LogP contribution in [0.15, 0.2) is 18.3 Å². The van der Waals surface area contributed by atoms with E-state index >= 15 is 0 Å². The number of nitrogens with one attached hydrogen (secondary N) is 2. The molecule has 21 heavy (non-hydrogen) atoms. The summed E-state index contributed by atoms with van der Waals surface area (Å²) in [6, 6.07) is 4.28. The zero-order valence-electron chi connectivity index (χ0n) is 13.2. The van der Waals surface area contributed by atoms with Gasteiger partial charge in [0.2, 0.25) is 0 Å². The summed E-state index contributed by atoms with van der Waals surface area (Å²) in [6.07, 6.45) is 4.16. The number of amides is 1. The Kier molecular flexibility index (Phi) is 5.56. The van der Waals surface area contributed by atoms with Crippen molar-refractivity contribution in [2.45, 2.75) is 32.7 Å². The number of nitrogens with zero attached hydrogens (tertiary/aromatic N) is 2. The van der Waals surface area contributed by atoms with E-state index in [4.69, 9.17) is 0 Å². The minimum atomic E-state index is -0.137. The lowest BCUT2D eigenvalue weighted by Gasteiger charge is -2.34. The fraction of sp³-hybridized carbons (Fsp3) is 0.625. The number of pyridine rings is 1. The first-order valence-electron chi connectivity index (χ1n) is 7.77. The monoisotopic (exact) mass is 290 g/mol. The molecule has 0 aliphatic carbocycles. The van der Waals surface area contributed by atoms with Crippen molar-refractivity contribution < 1.29 is 4.79 Å². The smallest absolute Gasteiger partial charge is 0.269 e. The van der Waals surface area contributed by atoms with Crippen LogP contribution in [0.1, 0.15) is 37.2 Å².